The molecule has 1 atom stereocenters. The Morgan fingerprint density at radius 2 is 2.11 bits per heavy atom. The maximum absolute atomic E-state index is 12.1. The van der Waals surface area contributed by atoms with Crippen molar-refractivity contribution in [3.63, 3.8) is 0 Å². The zero-order valence-electron chi connectivity index (χ0n) is 9.46. The molecular weight excluding hydrogens is 248 g/mol. The fraction of sp³-hybridized carbons (Fsp3) is 0.0833. The molecule has 0 radical (unpaired) electrons. The number of H-pyrrole nitrogens is 1. The molecule has 1 aromatic carbocycles. The van der Waals surface area contributed by atoms with Gasteiger partial charge in [0.05, 0.1) is 16.9 Å². The highest BCUT2D eigenvalue weighted by Gasteiger charge is 2.23. The third-order valence-corrected chi connectivity index (χ3v) is 2.68. The van der Waals surface area contributed by atoms with E-state index in [0.29, 0.717) is 5.69 Å². The number of aromatic nitrogens is 2. The van der Waals surface area contributed by atoms with Gasteiger partial charge in [0.1, 0.15) is 5.92 Å². The standard InChI is InChI=1S/C12H12N4OS/c13-11(18)10(8-4-2-1-3-5-8)12(17)16-9-6-14-15-7-9/h1-7,10H,(H2,13,18)(H,14,15)(H,16,17). The van der Waals surface area contributed by atoms with Gasteiger partial charge >= 0.3 is 0 Å². The number of hydrogen-bond acceptors (Lipinski definition) is 3. The van der Waals surface area contributed by atoms with Crippen molar-refractivity contribution >= 4 is 28.8 Å². The third kappa shape index (κ3) is 2.72. The molecule has 4 N–H and O–H groups in total. The molecule has 0 fully saturated rings. The first-order valence-corrected chi connectivity index (χ1v) is 5.73. The van der Waals surface area contributed by atoms with Crippen LogP contribution in [0.15, 0.2) is 42.7 Å². The van der Waals surface area contributed by atoms with Crippen molar-refractivity contribution in [2.75, 3.05) is 5.32 Å². The molecule has 1 amide bonds. The smallest absolute Gasteiger partial charge is 0.238 e. The van der Waals surface area contributed by atoms with E-state index in [1.165, 1.54) is 6.20 Å². The zero-order chi connectivity index (χ0) is 13.0. The average molecular weight is 260 g/mol. The third-order valence-electron chi connectivity index (χ3n) is 2.45. The summed E-state index contributed by atoms with van der Waals surface area (Å²) < 4.78 is 0. The van der Waals surface area contributed by atoms with Crippen LogP contribution in [0.2, 0.25) is 0 Å². The Kier molecular flexibility index (Phi) is 3.69. The van der Waals surface area contributed by atoms with Gasteiger partial charge in [-0.05, 0) is 5.56 Å². The molecule has 0 aliphatic heterocycles. The second-order valence-electron chi connectivity index (χ2n) is 3.72. The number of thiocarbonyl (C=S) groups is 1. The van der Waals surface area contributed by atoms with Gasteiger partial charge in [0.25, 0.3) is 0 Å². The number of amides is 1. The molecule has 5 nitrogen and oxygen atoms in total. The van der Waals surface area contributed by atoms with Crippen LogP contribution in [0.1, 0.15) is 11.5 Å². The Bertz CT molecular complexity index is 538. The monoisotopic (exact) mass is 260 g/mol. The number of benzene rings is 1. The van der Waals surface area contributed by atoms with E-state index in [9.17, 15) is 4.79 Å². The van der Waals surface area contributed by atoms with E-state index in [-0.39, 0.29) is 10.9 Å². The molecule has 6 heteroatoms. The Balaban J connectivity index is 2.21. The van der Waals surface area contributed by atoms with Gasteiger partial charge in [0.2, 0.25) is 5.91 Å². The quantitative estimate of drug-likeness (QED) is 0.726. The largest absolute Gasteiger partial charge is 0.392 e. The van der Waals surface area contributed by atoms with Crippen LogP contribution < -0.4 is 11.1 Å². The van der Waals surface area contributed by atoms with Gasteiger partial charge in [0.15, 0.2) is 0 Å². The molecule has 2 aromatic rings. The minimum Gasteiger partial charge on any atom is -0.392 e. The number of anilines is 1. The first kappa shape index (κ1) is 12.3. The van der Waals surface area contributed by atoms with Crippen molar-refractivity contribution < 1.29 is 4.79 Å². The topological polar surface area (TPSA) is 83.8 Å². The van der Waals surface area contributed by atoms with Crippen molar-refractivity contribution in [3.8, 4) is 0 Å². The minimum atomic E-state index is -0.643. The molecule has 1 aromatic heterocycles. The summed E-state index contributed by atoms with van der Waals surface area (Å²) in [5.74, 6) is -0.911. The first-order chi connectivity index (χ1) is 8.68. The molecule has 0 aliphatic rings. The molecule has 0 spiro atoms. The molecule has 0 bridgehead atoms. The lowest BCUT2D eigenvalue weighted by atomic mass is 9.98. The van der Waals surface area contributed by atoms with Crippen LogP contribution in [0.25, 0.3) is 0 Å². The first-order valence-electron chi connectivity index (χ1n) is 5.32. The second-order valence-corrected chi connectivity index (χ2v) is 4.19. The van der Waals surface area contributed by atoms with Crippen LogP contribution in [-0.2, 0) is 4.79 Å². The molecule has 0 saturated carbocycles. The Hall–Kier alpha value is -2.21. The van der Waals surface area contributed by atoms with Crippen LogP contribution in [0.4, 0.5) is 5.69 Å². The fourth-order valence-corrected chi connectivity index (χ4v) is 1.87. The van der Waals surface area contributed by atoms with Crippen LogP contribution in [0, 0.1) is 0 Å². The number of hydrogen-bond donors (Lipinski definition) is 3. The average Bonchev–Trinajstić information content (AvgIpc) is 2.83. The predicted molar refractivity (Wildman–Crippen MR) is 73.2 cm³/mol. The summed E-state index contributed by atoms with van der Waals surface area (Å²) >= 11 is 4.96. The van der Waals surface area contributed by atoms with Crippen LogP contribution in [0.5, 0.6) is 0 Å². The number of rotatable bonds is 4. The molecular formula is C12H12N4OS. The molecule has 1 heterocycles. The molecule has 1 unspecified atom stereocenters. The lowest BCUT2D eigenvalue weighted by Gasteiger charge is -2.15. The van der Waals surface area contributed by atoms with Crippen LogP contribution >= 0.6 is 12.2 Å². The summed E-state index contributed by atoms with van der Waals surface area (Å²) in [5, 5.41) is 9.06. The molecule has 2 rings (SSSR count). The van der Waals surface area contributed by atoms with Crippen molar-refractivity contribution in [1.29, 1.82) is 0 Å². The number of carbonyl (C=O) groups excluding carboxylic acids is 1. The SMILES string of the molecule is NC(=S)C(C(=O)Nc1cn[nH]c1)c1ccccc1. The van der Waals surface area contributed by atoms with Crippen molar-refractivity contribution in [2.45, 2.75) is 5.92 Å². The van der Waals surface area contributed by atoms with Crippen LogP contribution in [-0.4, -0.2) is 21.1 Å². The predicted octanol–water partition coefficient (Wildman–Crippen LogP) is 1.42. The van der Waals surface area contributed by atoms with Gasteiger partial charge in [-0.1, -0.05) is 42.5 Å². The van der Waals surface area contributed by atoms with E-state index in [1.54, 1.807) is 6.20 Å². The summed E-state index contributed by atoms with van der Waals surface area (Å²) in [6.07, 6.45) is 3.10. The maximum atomic E-state index is 12.1. The van der Waals surface area contributed by atoms with Crippen molar-refractivity contribution in [2.24, 2.45) is 5.73 Å². The Morgan fingerprint density at radius 1 is 1.39 bits per heavy atom. The highest BCUT2D eigenvalue weighted by Crippen LogP contribution is 2.18. The molecule has 0 aliphatic carbocycles. The van der Waals surface area contributed by atoms with E-state index in [4.69, 9.17) is 18.0 Å². The van der Waals surface area contributed by atoms with Crippen LogP contribution in [0.3, 0.4) is 0 Å². The molecule has 92 valence electrons. The lowest BCUT2D eigenvalue weighted by molar-refractivity contribution is -0.116. The maximum Gasteiger partial charge on any atom is 0.238 e. The van der Waals surface area contributed by atoms with Crippen molar-refractivity contribution in [1.82, 2.24) is 10.2 Å². The summed E-state index contributed by atoms with van der Waals surface area (Å²) in [6.45, 7) is 0. The zero-order valence-corrected chi connectivity index (χ0v) is 10.3. The van der Waals surface area contributed by atoms with E-state index in [1.807, 2.05) is 30.3 Å². The second kappa shape index (κ2) is 5.42. The number of nitrogens with one attached hydrogen (secondary N) is 2. The number of nitrogens with zero attached hydrogens (tertiary/aromatic N) is 1. The van der Waals surface area contributed by atoms with Gasteiger partial charge in [0, 0.05) is 6.20 Å². The highest BCUT2D eigenvalue weighted by atomic mass is 32.1. The van der Waals surface area contributed by atoms with Gasteiger partial charge < -0.3 is 11.1 Å². The van der Waals surface area contributed by atoms with Gasteiger partial charge in [-0.15, -0.1) is 0 Å². The number of aromatic amines is 1. The van der Waals surface area contributed by atoms with E-state index in [2.05, 4.69) is 15.5 Å². The fourth-order valence-electron chi connectivity index (χ4n) is 1.62. The number of nitrogens with two attached hydrogens (primary N) is 1. The summed E-state index contributed by atoms with van der Waals surface area (Å²) in [7, 11) is 0. The van der Waals surface area contributed by atoms with Gasteiger partial charge in [-0.25, -0.2) is 0 Å². The molecule has 0 saturated heterocycles. The van der Waals surface area contributed by atoms with E-state index in [0.717, 1.165) is 5.56 Å². The number of carbonyl (C=O) groups is 1. The normalized spacial score (nSPS) is 11.8. The van der Waals surface area contributed by atoms with Gasteiger partial charge in [-0.3, -0.25) is 9.89 Å². The Morgan fingerprint density at radius 3 is 2.67 bits per heavy atom. The van der Waals surface area contributed by atoms with Gasteiger partial charge in [-0.2, -0.15) is 5.10 Å². The Labute approximate surface area is 109 Å². The minimum absolute atomic E-state index is 0.141. The summed E-state index contributed by atoms with van der Waals surface area (Å²) in [6, 6.07) is 9.18. The van der Waals surface area contributed by atoms with Crippen molar-refractivity contribution in [3.05, 3.63) is 48.3 Å². The lowest BCUT2D eigenvalue weighted by Crippen LogP contribution is -2.31. The summed E-state index contributed by atoms with van der Waals surface area (Å²) in [4.78, 5) is 12.3. The van der Waals surface area contributed by atoms with E-state index >= 15 is 0 Å². The summed E-state index contributed by atoms with van der Waals surface area (Å²) in [5.41, 5.74) is 7.00. The highest BCUT2D eigenvalue weighted by molar-refractivity contribution is 7.80. The van der Waals surface area contributed by atoms with E-state index < -0.39 is 5.92 Å². The molecule has 18 heavy (non-hydrogen) atoms.